The van der Waals surface area contributed by atoms with Crippen molar-refractivity contribution in [3.63, 3.8) is 0 Å². The summed E-state index contributed by atoms with van der Waals surface area (Å²) in [5.74, 6) is 1.14. The molecule has 0 saturated heterocycles. The maximum atomic E-state index is 11.4. The van der Waals surface area contributed by atoms with Crippen molar-refractivity contribution in [1.82, 2.24) is 0 Å². The molecule has 0 unspecified atom stereocenters. The Labute approximate surface area is 90.0 Å². The number of Topliss-reactive ketones (excluding diaryl/α,β-unsaturated/α-hetero) is 1. The molecule has 0 aliphatic heterocycles. The van der Waals surface area contributed by atoms with Gasteiger partial charge in [0.25, 0.3) is 0 Å². The smallest absolute Gasteiger partial charge is 0.171 e. The summed E-state index contributed by atoms with van der Waals surface area (Å²) < 4.78 is 10.7. The van der Waals surface area contributed by atoms with Crippen molar-refractivity contribution in [1.29, 1.82) is 0 Å². The minimum absolute atomic E-state index is 0.0139. The van der Waals surface area contributed by atoms with Crippen molar-refractivity contribution < 1.29 is 14.3 Å². The number of carbonyl (C=O) groups excluding carboxylic acids is 1. The number of hydrogen-bond donors (Lipinski definition) is 0. The van der Waals surface area contributed by atoms with Gasteiger partial charge in [-0.3, -0.25) is 4.79 Å². The molecule has 0 spiro atoms. The maximum absolute atomic E-state index is 11.4. The number of para-hydroxylation sites is 1. The molecule has 15 heavy (non-hydrogen) atoms. The molecule has 0 heterocycles. The molecule has 82 valence electrons. The fraction of sp³-hybridized carbons (Fsp3) is 0.417. The monoisotopic (exact) mass is 208 g/mol. The molecule has 0 aliphatic rings. The van der Waals surface area contributed by atoms with E-state index in [2.05, 4.69) is 0 Å². The zero-order chi connectivity index (χ0) is 11.3. The summed E-state index contributed by atoms with van der Waals surface area (Å²) in [5.41, 5.74) is 0.572. The van der Waals surface area contributed by atoms with Gasteiger partial charge in [0.2, 0.25) is 0 Å². The second-order valence-corrected chi connectivity index (χ2v) is 3.24. The van der Waals surface area contributed by atoms with Crippen LogP contribution in [0.3, 0.4) is 0 Å². The van der Waals surface area contributed by atoms with Gasteiger partial charge >= 0.3 is 0 Å². The molecule has 0 saturated carbocycles. The van der Waals surface area contributed by atoms with Gasteiger partial charge in [0, 0.05) is 0 Å². The highest BCUT2D eigenvalue weighted by Crippen LogP contribution is 2.31. The number of ketones is 1. The highest BCUT2D eigenvalue weighted by Gasteiger charge is 2.13. The first kappa shape index (κ1) is 11.6. The summed E-state index contributed by atoms with van der Waals surface area (Å²) >= 11 is 0. The number of carbonyl (C=O) groups is 1. The SMILES string of the molecule is CCCOc1c(OC)cccc1C(C)=O. The molecule has 0 aliphatic carbocycles. The second kappa shape index (κ2) is 5.39. The quantitative estimate of drug-likeness (QED) is 0.698. The number of ether oxygens (including phenoxy) is 2. The van der Waals surface area contributed by atoms with Crippen LogP contribution in [0.1, 0.15) is 30.6 Å². The van der Waals surface area contributed by atoms with E-state index in [0.717, 1.165) is 6.42 Å². The number of benzene rings is 1. The van der Waals surface area contributed by atoms with E-state index in [1.165, 1.54) is 6.92 Å². The Morgan fingerprint density at radius 2 is 2.13 bits per heavy atom. The Bertz CT molecular complexity index is 345. The van der Waals surface area contributed by atoms with Crippen molar-refractivity contribution in [3.8, 4) is 11.5 Å². The average Bonchev–Trinajstić information content (AvgIpc) is 2.25. The van der Waals surface area contributed by atoms with Gasteiger partial charge in [0.1, 0.15) is 0 Å². The van der Waals surface area contributed by atoms with E-state index in [-0.39, 0.29) is 5.78 Å². The lowest BCUT2D eigenvalue weighted by Crippen LogP contribution is -2.03. The summed E-state index contributed by atoms with van der Waals surface area (Å²) in [6, 6.07) is 5.32. The van der Waals surface area contributed by atoms with Gasteiger partial charge in [-0.15, -0.1) is 0 Å². The van der Waals surface area contributed by atoms with Crippen LogP contribution in [0.4, 0.5) is 0 Å². The zero-order valence-corrected chi connectivity index (χ0v) is 9.37. The van der Waals surface area contributed by atoms with Gasteiger partial charge in [-0.2, -0.15) is 0 Å². The minimum Gasteiger partial charge on any atom is -0.493 e. The van der Waals surface area contributed by atoms with E-state index in [9.17, 15) is 4.79 Å². The fourth-order valence-electron chi connectivity index (χ4n) is 1.31. The van der Waals surface area contributed by atoms with Gasteiger partial charge in [-0.1, -0.05) is 13.0 Å². The predicted molar refractivity (Wildman–Crippen MR) is 58.8 cm³/mol. The molecule has 3 heteroatoms. The van der Waals surface area contributed by atoms with E-state index < -0.39 is 0 Å². The first-order valence-corrected chi connectivity index (χ1v) is 5.01. The number of methoxy groups -OCH3 is 1. The predicted octanol–water partition coefficient (Wildman–Crippen LogP) is 2.69. The molecule has 0 amide bonds. The Hall–Kier alpha value is -1.51. The zero-order valence-electron chi connectivity index (χ0n) is 9.37. The Balaban J connectivity index is 3.08. The molecule has 0 atom stereocenters. The largest absolute Gasteiger partial charge is 0.493 e. The van der Waals surface area contributed by atoms with Crippen molar-refractivity contribution in [3.05, 3.63) is 23.8 Å². The third kappa shape index (κ3) is 2.72. The minimum atomic E-state index is -0.0139. The number of rotatable bonds is 5. The molecule has 1 aromatic rings. The van der Waals surface area contributed by atoms with Crippen molar-refractivity contribution in [2.45, 2.75) is 20.3 Å². The highest BCUT2D eigenvalue weighted by molar-refractivity contribution is 5.97. The van der Waals surface area contributed by atoms with E-state index in [4.69, 9.17) is 9.47 Å². The fourth-order valence-corrected chi connectivity index (χ4v) is 1.31. The van der Waals surface area contributed by atoms with Crippen LogP contribution >= 0.6 is 0 Å². The molecule has 0 N–H and O–H groups in total. The standard InChI is InChI=1S/C12H16O3/c1-4-8-15-12-10(9(2)13)6-5-7-11(12)14-3/h5-7H,4,8H2,1-3H3. The van der Waals surface area contributed by atoms with Gasteiger partial charge in [-0.05, 0) is 25.5 Å². The molecule has 1 aromatic carbocycles. The van der Waals surface area contributed by atoms with Crippen molar-refractivity contribution in [2.75, 3.05) is 13.7 Å². The van der Waals surface area contributed by atoms with E-state index in [1.54, 1.807) is 25.3 Å². The third-order valence-corrected chi connectivity index (χ3v) is 2.03. The molecule has 0 bridgehead atoms. The Morgan fingerprint density at radius 3 is 2.67 bits per heavy atom. The van der Waals surface area contributed by atoms with Crippen LogP contribution in [-0.4, -0.2) is 19.5 Å². The van der Waals surface area contributed by atoms with Crippen LogP contribution in [0, 0.1) is 0 Å². The van der Waals surface area contributed by atoms with Crippen LogP contribution in [0.2, 0.25) is 0 Å². The van der Waals surface area contributed by atoms with Crippen molar-refractivity contribution in [2.24, 2.45) is 0 Å². The van der Waals surface area contributed by atoms with Crippen LogP contribution in [-0.2, 0) is 0 Å². The van der Waals surface area contributed by atoms with Gasteiger partial charge < -0.3 is 9.47 Å². The van der Waals surface area contributed by atoms with E-state index in [1.807, 2.05) is 6.92 Å². The summed E-state index contributed by atoms with van der Waals surface area (Å²) in [6.07, 6.45) is 0.898. The Morgan fingerprint density at radius 1 is 1.40 bits per heavy atom. The number of hydrogen-bond acceptors (Lipinski definition) is 3. The van der Waals surface area contributed by atoms with Crippen LogP contribution in [0.15, 0.2) is 18.2 Å². The third-order valence-electron chi connectivity index (χ3n) is 2.03. The normalized spacial score (nSPS) is 9.80. The molecular formula is C12H16O3. The van der Waals surface area contributed by atoms with Crippen molar-refractivity contribution >= 4 is 5.78 Å². The Kier molecular flexibility index (Phi) is 4.16. The van der Waals surface area contributed by atoms with Crippen LogP contribution in [0.5, 0.6) is 11.5 Å². The first-order valence-electron chi connectivity index (χ1n) is 5.01. The van der Waals surface area contributed by atoms with E-state index in [0.29, 0.717) is 23.7 Å². The lowest BCUT2D eigenvalue weighted by atomic mass is 10.1. The highest BCUT2D eigenvalue weighted by atomic mass is 16.5. The molecule has 0 radical (unpaired) electrons. The average molecular weight is 208 g/mol. The molecule has 1 rings (SSSR count). The maximum Gasteiger partial charge on any atom is 0.171 e. The van der Waals surface area contributed by atoms with Gasteiger partial charge in [0.15, 0.2) is 17.3 Å². The first-order chi connectivity index (χ1) is 7.20. The summed E-state index contributed by atoms with van der Waals surface area (Å²) in [6.45, 7) is 4.12. The molecule has 0 fully saturated rings. The van der Waals surface area contributed by atoms with E-state index >= 15 is 0 Å². The topological polar surface area (TPSA) is 35.5 Å². The molecule has 3 nitrogen and oxygen atoms in total. The van der Waals surface area contributed by atoms with Crippen LogP contribution < -0.4 is 9.47 Å². The molecule has 0 aromatic heterocycles. The summed E-state index contributed by atoms with van der Waals surface area (Å²) in [5, 5.41) is 0. The molecular weight excluding hydrogens is 192 g/mol. The van der Waals surface area contributed by atoms with Gasteiger partial charge in [-0.25, -0.2) is 0 Å². The summed E-state index contributed by atoms with van der Waals surface area (Å²) in [7, 11) is 1.57. The van der Waals surface area contributed by atoms with Crippen LogP contribution in [0.25, 0.3) is 0 Å². The lowest BCUT2D eigenvalue weighted by Gasteiger charge is -2.12. The summed E-state index contributed by atoms with van der Waals surface area (Å²) in [4.78, 5) is 11.4. The van der Waals surface area contributed by atoms with Gasteiger partial charge in [0.05, 0.1) is 19.3 Å². The second-order valence-electron chi connectivity index (χ2n) is 3.24. The lowest BCUT2D eigenvalue weighted by molar-refractivity contribution is 0.101.